The van der Waals surface area contributed by atoms with Crippen LogP contribution >= 0.6 is 0 Å². The first-order valence-electron chi connectivity index (χ1n) is 5.76. The van der Waals surface area contributed by atoms with Gasteiger partial charge in [-0.05, 0) is 18.2 Å². The Morgan fingerprint density at radius 1 is 1.37 bits per heavy atom. The molecular weight excluding hydrogens is 246 g/mol. The van der Waals surface area contributed by atoms with Gasteiger partial charge in [0.2, 0.25) is 5.91 Å². The van der Waals surface area contributed by atoms with E-state index in [0.29, 0.717) is 5.69 Å². The summed E-state index contributed by atoms with van der Waals surface area (Å²) in [5.74, 6) is -0.416. The van der Waals surface area contributed by atoms with Crippen molar-refractivity contribution < 1.29 is 9.59 Å². The maximum absolute atomic E-state index is 12.1. The van der Waals surface area contributed by atoms with Gasteiger partial charge >= 0.3 is 0 Å². The van der Waals surface area contributed by atoms with Gasteiger partial charge in [0.15, 0.2) is 5.69 Å². The fraction of sp³-hybridized carbons (Fsp3) is 0.167. The van der Waals surface area contributed by atoms with Crippen LogP contribution in [0.1, 0.15) is 10.5 Å². The second-order valence-corrected chi connectivity index (χ2v) is 4.12. The normalized spacial score (nSPS) is 14.5. The monoisotopic (exact) mass is 257 g/mol. The number of carbonyl (C=O) groups excluding carboxylic acids is 2. The molecule has 0 unspecified atom stereocenters. The Labute approximate surface area is 108 Å². The Bertz CT molecular complexity index is 622. The predicted octanol–water partition coefficient (Wildman–Crippen LogP) is -0.203. The number of hydrogen-bond acceptors (Lipinski definition) is 4. The summed E-state index contributed by atoms with van der Waals surface area (Å²) in [6.07, 6.45) is 5.01. The summed E-state index contributed by atoms with van der Waals surface area (Å²) in [7, 11) is 0. The highest BCUT2D eigenvalue weighted by Crippen LogP contribution is 2.08. The third kappa shape index (κ3) is 2.17. The van der Waals surface area contributed by atoms with E-state index in [4.69, 9.17) is 0 Å². The van der Waals surface area contributed by atoms with Crippen molar-refractivity contribution in [3.63, 3.8) is 0 Å². The van der Waals surface area contributed by atoms with Gasteiger partial charge in [0.25, 0.3) is 5.91 Å². The topological polar surface area (TPSA) is 80.1 Å². The molecule has 3 rings (SSSR count). The lowest BCUT2D eigenvalue weighted by Gasteiger charge is -2.10. The fourth-order valence-corrected chi connectivity index (χ4v) is 1.85. The van der Waals surface area contributed by atoms with Crippen LogP contribution in [0.2, 0.25) is 0 Å². The number of hydrogen-bond donors (Lipinski definition) is 1. The Balaban J connectivity index is 1.82. The van der Waals surface area contributed by atoms with Crippen molar-refractivity contribution >= 4 is 11.8 Å². The largest absolute Gasteiger partial charge is 0.337 e. The van der Waals surface area contributed by atoms with E-state index in [1.54, 1.807) is 35.4 Å². The van der Waals surface area contributed by atoms with Crippen LogP contribution < -0.4 is 5.32 Å². The summed E-state index contributed by atoms with van der Waals surface area (Å²) in [5.41, 5.74) is 1.08. The molecule has 0 radical (unpaired) electrons. The highest BCUT2D eigenvalue weighted by atomic mass is 16.2. The Kier molecular flexibility index (Phi) is 2.71. The Morgan fingerprint density at radius 2 is 2.26 bits per heavy atom. The minimum absolute atomic E-state index is 0.0819. The average Bonchev–Trinajstić information content (AvgIpc) is 3.08. The first-order chi connectivity index (χ1) is 9.24. The number of carbonyl (C=O) groups is 2. The van der Waals surface area contributed by atoms with Crippen LogP contribution in [0.3, 0.4) is 0 Å². The van der Waals surface area contributed by atoms with Crippen molar-refractivity contribution in [2.75, 3.05) is 13.2 Å². The van der Waals surface area contributed by atoms with Gasteiger partial charge in [-0.15, -0.1) is 0 Å². The van der Waals surface area contributed by atoms with E-state index < -0.39 is 0 Å². The van der Waals surface area contributed by atoms with Crippen molar-refractivity contribution in [3.8, 4) is 5.69 Å². The third-order valence-corrected chi connectivity index (χ3v) is 2.81. The molecule has 0 saturated carbocycles. The molecule has 19 heavy (non-hydrogen) atoms. The van der Waals surface area contributed by atoms with Crippen LogP contribution in [0.5, 0.6) is 0 Å². The molecule has 1 aliphatic rings. The van der Waals surface area contributed by atoms with Gasteiger partial charge < -0.3 is 10.2 Å². The quantitative estimate of drug-likeness (QED) is 0.807. The molecular formula is C12H11N5O2. The summed E-state index contributed by atoms with van der Waals surface area (Å²) < 4.78 is 1.57. The van der Waals surface area contributed by atoms with E-state index in [1.807, 2.05) is 6.07 Å². The second-order valence-electron chi connectivity index (χ2n) is 4.12. The molecule has 0 atom stereocenters. The van der Waals surface area contributed by atoms with Crippen LogP contribution in [0, 0.1) is 0 Å². The Morgan fingerprint density at radius 3 is 2.95 bits per heavy atom. The van der Waals surface area contributed by atoms with Gasteiger partial charge in [-0.3, -0.25) is 14.6 Å². The van der Waals surface area contributed by atoms with E-state index in [2.05, 4.69) is 15.4 Å². The molecule has 1 saturated heterocycles. The number of amides is 2. The van der Waals surface area contributed by atoms with Crippen LogP contribution in [0.4, 0.5) is 0 Å². The molecule has 2 aromatic rings. The highest BCUT2D eigenvalue weighted by molar-refractivity contribution is 5.96. The van der Waals surface area contributed by atoms with Crippen molar-refractivity contribution in [1.29, 1.82) is 0 Å². The maximum atomic E-state index is 12.1. The molecule has 0 aromatic carbocycles. The van der Waals surface area contributed by atoms with Crippen molar-refractivity contribution in [3.05, 3.63) is 42.5 Å². The zero-order valence-corrected chi connectivity index (χ0v) is 9.98. The number of aromatic nitrogens is 3. The summed E-state index contributed by atoms with van der Waals surface area (Å²) in [6, 6.07) is 5.26. The first kappa shape index (κ1) is 11.4. The molecule has 3 heterocycles. The van der Waals surface area contributed by atoms with Gasteiger partial charge in [0, 0.05) is 12.4 Å². The highest BCUT2D eigenvalue weighted by Gasteiger charge is 2.25. The smallest absolute Gasteiger partial charge is 0.276 e. The van der Waals surface area contributed by atoms with Gasteiger partial charge in [0.1, 0.15) is 6.54 Å². The maximum Gasteiger partial charge on any atom is 0.276 e. The zero-order valence-electron chi connectivity index (χ0n) is 9.98. The Hall–Kier alpha value is -2.70. The van der Waals surface area contributed by atoms with Gasteiger partial charge in [0.05, 0.1) is 18.6 Å². The molecule has 0 aliphatic carbocycles. The first-order valence-corrected chi connectivity index (χ1v) is 5.76. The number of pyridine rings is 1. The van der Waals surface area contributed by atoms with Crippen LogP contribution in [-0.2, 0) is 4.79 Å². The molecule has 1 N–H and O–H groups in total. The van der Waals surface area contributed by atoms with Crippen LogP contribution in [0.15, 0.2) is 36.8 Å². The number of nitrogens with zero attached hydrogens (tertiary/aromatic N) is 4. The number of nitrogens with one attached hydrogen (secondary N) is 1. The van der Waals surface area contributed by atoms with Crippen molar-refractivity contribution in [1.82, 2.24) is 25.0 Å². The van der Waals surface area contributed by atoms with E-state index in [1.165, 1.54) is 4.90 Å². The summed E-state index contributed by atoms with van der Waals surface area (Å²) in [4.78, 5) is 28.6. The third-order valence-electron chi connectivity index (χ3n) is 2.81. The lowest BCUT2D eigenvalue weighted by molar-refractivity contribution is -0.118. The summed E-state index contributed by atoms with van der Waals surface area (Å²) in [5, 5.41) is 6.78. The fourth-order valence-electron chi connectivity index (χ4n) is 1.85. The minimum atomic E-state index is -0.263. The molecule has 7 heteroatoms. The lowest BCUT2D eigenvalue weighted by atomic mass is 10.4. The van der Waals surface area contributed by atoms with Crippen LogP contribution in [0.25, 0.3) is 5.69 Å². The van der Waals surface area contributed by atoms with Gasteiger partial charge in [-0.25, -0.2) is 4.68 Å². The second kappa shape index (κ2) is 4.52. The average molecular weight is 257 g/mol. The van der Waals surface area contributed by atoms with E-state index in [-0.39, 0.29) is 25.0 Å². The SMILES string of the molecule is O=C1CN(C(=O)c2ccn(-c3cccnc3)n2)CN1. The molecule has 0 bridgehead atoms. The number of rotatable bonds is 2. The molecule has 0 spiro atoms. The van der Waals surface area contributed by atoms with E-state index in [9.17, 15) is 9.59 Å². The predicted molar refractivity (Wildman–Crippen MR) is 65.4 cm³/mol. The van der Waals surface area contributed by atoms with E-state index in [0.717, 1.165) is 5.69 Å². The van der Waals surface area contributed by atoms with Crippen molar-refractivity contribution in [2.45, 2.75) is 0 Å². The van der Waals surface area contributed by atoms with Crippen molar-refractivity contribution in [2.24, 2.45) is 0 Å². The zero-order chi connectivity index (χ0) is 13.2. The summed E-state index contributed by atoms with van der Waals surface area (Å²) in [6.45, 7) is 0.315. The standard InChI is InChI=1S/C12H11N5O2/c18-11-7-16(8-14-11)12(19)10-3-5-17(15-10)9-2-1-4-13-6-9/h1-6H,7-8H2,(H,14,18). The molecule has 1 fully saturated rings. The lowest BCUT2D eigenvalue weighted by Crippen LogP contribution is -2.30. The van der Waals surface area contributed by atoms with Gasteiger partial charge in [-0.1, -0.05) is 0 Å². The molecule has 7 nitrogen and oxygen atoms in total. The van der Waals surface area contributed by atoms with Gasteiger partial charge in [-0.2, -0.15) is 5.10 Å². The molecule has 1 aliphatic heterocycles. The van der Waals surface area contributed by atoms with Crippen LogP contribution in [-0.4, -0.2) is 44.7 Å². The minimum Gasteiger partial charge on any atom is -0.337 e. The molecule has 96 valence electrons. The summed E-state index contributed by atoms with van der Waals surface area (Å²) >= 11 is 0. The van der Waals surface area contributed by atoms with E-state index >= 15 is 0 Å². The molecule has 2 aromatic heterocycles. The molecule has 2 amide bonds.